The van der Waals surface area contributed by atoms with Gasteiger partial charge >= 0.3 is 6.18 Å². The van der Waals surface area contributed by atoms with Gasteiger partial charge in [0.05, 0.1) is 17.3 Å². The number of halogens is 3. The number of hydrogen-bond donors (Lipinski definition) is 1. The van der Waals surface area contributed by atoms with E-state index in [1.165, 1.54) is 25.4 Å². The minimum absolute atomic E-state index is 0.144. The van der Waals surface area contributed by atoms with Gasteiger partial charge in [0.2, 0.25) is 0 Å². The fourth-order valence-electron chi connectivity index (χ4n) is 2.08. The molecule has 130 valence electrons. The molecule has 2 heterocycles. The van der Waals surface area contributed by atoms with E-state index in [0.29, 0.717) is 17.3 Å². The third kappa shape index (κ3) is 3.68. The molecule has 1 aromatic carbocycles. The number of aryl methyl sites for hydroxylation is 1. The highest BCUT2D eigenvalue weighted by Gasteiger charge is 2.34. The Bertz CT molecular complexity index is 956. The second kappa shape index (κ2) is 6.28. The van der Waals surface area contributed by atoms with Crippen LogP contribution in [-0.4, -0.2) is 28.0 Å². The van der Waals surface area contributed by atoms with Crippen molar-refractivity contribution in [3.05, 3.63) is 41.5 Å². The van der Waals surface area contributed by atoms with E-state index in [1.807, 2.05) is 0 Å². The van der Waals surface area contributed by atoms with Crippen LogP contribution in [0, 0.1) is 6.92 Å². The number of anilines is 1. The van der Waals surface area contributed by atoms with Crippen LogP contribution in [0.5, 0.6) is 5.75 Å². The Labute approximate surface area is 143 Å². The van der Waals surface area contributed by atoms with E-state index in [-0.39, 0.29) is 16.6 Å². The zero-order chi connectivity index (χ0) is 18.2. The number of methoxy groups -OCH3 is 1. The van der Waals surface area contributed by atoms with E-state index < -0.39 is 17.8 Å². The number of nitrogens with one attached hydrogen (secondary N) is 1. The van der Waals surface area contributed by atoms with Crippen molar-refractivity contribution in [3.8, 4) is 5.75 Å². The quantitative estimate of drug-likeness (QED) is 0.763. The van der Waals surface area contributed by atoms with Gasteiger partial charge in [-0.2, -0.15) is 13.2 Å². The largest absolute Gasteiger partial charge is 0.497 e. The number of ether oxygens (including phenoxy) is 1. The molecule has 0 aliphatic heterocycles. The van der Waals surface area contributed by atoms with E-state index in [2.05, 4.69) is 20.3 Å². The van der Waals surface area contributed by atoms with E-state index in [9.17, 15) is 18.0 Å². The Morgan fingerprint density at radius 2 is 1.96 bits per heavy atom. The first kappa shape index (κ1) is 17.1. The van der Waals surface area contributed by atoms with Gasteiger partial charge in [-0.05, 0) is 19.1 Å². The first-order chi connectivity index (χ1) is 11.8. The summed E-state index contributed by atoms with van der Waals surface area (Å²) < 4.78 is 44.3. The van der Waals surface area contributed by atoms with Gasteiger partial charge in [-0.1, -0.05) is 11.3 Å². The second-order valence-electron chi connectivity index (χ2n) is 4.99. The lowest BCUT2D eigenvalue weighted by molar-refractivity contribution is -0.141. The Balaban J connectivity index is 1.88. The molecule has 10 heteroatoms. The van der Waals surface area contributed by atoms with Crippen molar-refractivity contribution in [3.63, 3.8) is 0 Å². The number of aromatic nitrogens is 3. The highest BCUT2D eigenvalue weighted by Crippen LogP contribution is 2.30. The van der Waals surface area contributed by atoms with E-state index in [1.54, 1.807) is 18.2 Å². The lowest BCUT2D eigenvalue weighted by Gasteiger charge is -2.08. The fraction of sp³-hybridized carbons (Fsp3) is 0.200. The maximum absolute atomic E-state index is 12.8. The minimum atomic E-state index is -4.66. The third-order valence-corrected chi connectivity index (χ3v) is 4.13. The zero-order valence-electron chi connectivity index (χ0n) is 13.0. The Morgan fingerprint density at radius 3 is 2.64 bits per heavy atom. The number of thiazole rings is 1. The number of alkyl halides is 3. The van der Waals surface area contributed by atoms with Crippen LogP contribution in [0.4, 0.5) is 18.3 Å². The summed E-state index contributed by atoms with van der Waals surface area (Å²) in [6.07, 6.45) is -4.66. The number of carbonyl (C=O) groups excluding carboxylic acids is 1. The van der Waals surface area contributed by atoms with Gasteiger partial charge in [-0.15, -0.1) is 0 Å². The van der Waals surface area contributed by atoms with Crippen molar-refractivity contribution in [1.82, 2.24) is 15.0 Å². The molecule has 2 aromatic heterocycles. The van der Waals surface area contributed by atoms with Crippen molar-refractivity contribution in [1.29, 1.82) is 0 Å². The van der Waals surface area contributed by atoms with Crippen LogP contribution < -0.4 is 10.1 Å². The van der Waals surface area contributed by atoms with Crippen LogP contribution in [0.3, 0.4) is 0 Å². The predicted molar refractivity (Wildman–Crippen MR) is 85.9 cm³/mol. The van der Waals surface area contributed by atoms with Crippen LogP contribution >= 0.6 is 11.3 Å². The van der Waals surface area contributed by atoms with E-state index in [0.717, 1.165) is 4.70 Å². The predicted octanol–water partition coefficient (Wildman–Crippen LogP) is 3.67. The number of benzene rings is 1. The van der Waals surface area contributed by atoms with Gasteiger partial charge in [0.15, 0.2) is 5.13 Å². The number of hydrogen-bond acceptors (Lipinski definition) is 6. The molecule has 0 fully saturated rings. The Kier molecular flexibility index (Phi) is 4.29. The molecule has 0 saturated carbocycles. The summed E-state index contributed by atoms with van der Waals surface area (Å²) in [5.41, 5.74) is -0.939. The molecule has 3 rings (SSSR count). The normalized spacial score (nSPS) is 11.6. The van der Waals surface area contributed by atoms with Crippen LogP contribution in [-0.2, 0) is 6.18 Å². The molecular weight excluding hydrogens is 357 g/mol. The number of fused-ring (bicyclic) bond motifs is 1. The number of nitrogens with zero attached hydrogens (tertiary/aromatic N) is 3. The third-order valence-electron chi connectivity index (χ3n) is 3.18. The van der Waals surface area contributed by atoms with Crippen LogP contribution in [0.25, 0.3) is 10.2 Å². The zero-order valence-corrected chi connectivity index (χ0v) is 13.8. The summed E-state index contributed by atoms with van der Waals surface area (Å²) in [6, 6.07) is 5.82. The van der Waals surface area contributed by atoms with Crippen molar-refractivity contribution in [2.45, 2.75) is 13.1 Å². The first-order valence-electron chi connectivity index (χ1n) is 6.95. The molecular formula is C15H11F3N4O2S. The molecule has 0 aliphatic carbocycles. The number of amides is 1. The van der Waals surface area contributed by atoms with Gasteiger partial charge in [0.1, 0.15) is 23.0 Å². The lowest BCUT2D eigenvalue weighted by atomic mass is 10.3. The second-order valence-corrected chi connectivity index (χ2v) is 6.02. The molecule has 6 nitrogen and oxygen atoms in total. The monoisotopic (exact) mass is 368 g/mol. The first-order valence-corrected chi connectivity index (χ1v) is 7.77. The molecule has 0 aliphatic rings. The van der Waals surface area contributed by atoms with Crippen molar-refractivity contribution >= 4 is 32.6 Å². The van der Waals surface area contributed by atoms with Crippen molar-refractivity contribution < 1.29 is 22.7 Å². The van der Waals surface area contributed by atoms with Gasteiger partial charge < -0.3 is 4.74 Å². The Morgan fingerprint density at radius 1 is 1.20 bits per heavy atom. The lowest BCUT2D eigenvalue weighted by Crippen LogP contribution is -2.18. The highest BCUT2D eigenvalue weighted by molar-refractivity contribution is 7.22. The van der Waals surface area contributed by atoms with Crippen molar-refractivity contribution in [2.75, 3.05) is 12.4 Å². The summed E-state index contributed by atoms with van der Waals surface area (Å²) in [6.45, 7) is 1.29. The number of carbonyl (C=O) groups is 1. The van der Waals surface area contributed by atoms with Gasteiger partial charge in [-0.25, -0.2) is 15.0 Å². The van der Waals surface area contributed by atoms with Crippen molar-refractivity contribution in [2.24, 2.45) is 0 Å². The van der Waals surface area contributed by atoms with Crippen LogP contribution in [0.2, 0.25) is 0 Å². The smallest absolute Gasteiger partial charge is 0.433 e. The van der Waals surface area contributed by atoms with E-state index in [4.69, 9.17) is 4.74 Å². The molecule has 1 amide bonds. The average molecular weight is 368 g/mol. The van der Waals surface area contributed by atoms with Crippen LogP contribution in [0.15, 0.2) is 24.3 Å². The van der Waals surface area contributed by atoms with Crippen LogP contribution in [0.1, 0.15) is 22.0 Å². The molecule has 0 unspecified atom stereocenters. The summed E-state index contributed by atoms with van der Waals surface area (Å²) in [5.74, 6) is -0.326. The maximum atomic E-state index is 12.8. The summed E-state index contributed by atoms with van der Waals surface area (Å²) in [4.78, 5) is 23.5. The molecule has 0 bridgehead atoms. The molecule has 0 spiro atoms. The fourth-order valence-corrected chi connectivity index (χ4v) is 2.92. The van der Waals surface area contributed by atoms with Gasteiger partial charge in [0, 0.05) is 12.1 Å². The molecule has 0 atom stereocenters. The summed E-state index contributed by atoms with van der Waals surface area (Å²) in [7, 11) is 1.52. The standard InChI is InChI=1S/C15H11F3N4O2S/c1-7-19-10(6-12(20-7)15(16,17)18)13(23)22-14-21-9-5-8(24-2)3-4-11(9)25-14/h3-6H,1-2H3,(H,21,22,23). The topological polar surface area (TPSA) is 77.0 Å². The molecule has 3 aromatic rings. The average Bonchev–Trinajstić information content (AvgIpc) is 2.94. The maximum Gasteiger partial charge on any atom is 0.433 e. The highest BCUT2D eigenvalue weighted by atomic mass is 32.1. The molecule has 0 saturated heterocycles. The molecule has 25 heavy (non-hydrogen) atoms. The SMILES string of the molecule is COc1ccc2sc(NC(=O)c3cc(C(F)(F)F)nc(C)n3)nc2c1. The molecule has 1 N–H and O–H groups in total. The summed E-state index contributed by atoms with van der Waals surface area (Å²) in [5, 5.41) is 2.71. The van der Waals surface area contributed by atoms with Gasteiger partial charge in [-0.3, -0.25) is 10.1 Å². The molecule has 0 radical (unpaired) electrons. The summed E-state index contributed by atoms with van der Waals surface area (Å²) >= 11 is 1.19. The van der Waals surface area contributed by atoms with E-state index >= 15 is 0 Å². The Hall–Kier alpha value is -2.75. The number of rotatable bonds is 3. The van der Waals surface area contributed by atoms with Gasteiger partial charge in [0.25, 0.3) is 5.91 Å². The minimum Gasteiger partial charge on any atom is -0.497 e.